The van der Waals surface area contributed by atoms with Crippen molar-refractivity contribution in [1.29, 1.82) is 0 Å². The van der Waals surface area contributed by atoms with Crippen LogP contribution in [-0.4, -0.2) is 13.1 Å². The largest absolute Gasteiger partial charge is 0.371 e. The summed E-state index contributed by atoms with van der Waals surface area (Å²) in [4.78, 5) is 2.32. The molecule has 0 radical (unpaired) electrons. The van der Waals surface area contributed by atoms with Crippen LogP contribution >= 0.6 is 0 Å². The molecule has 0 saturated heterocycles. The summed E-state index contributed by atoms with van der Waals surface area (Å²) in [5, 5.41) is 0. The van der Waals surface area contributed by atoms with Crippen molar-refractivity contribution in [3.8, 4) is 0 Å². The Bertz CT molecular complexity index is 322. The van der Waals surface area contributed by atoms with Crippen LogP contribution in [0.15, 0.2) is 24.3 Å². The second-order valence-electron chi connectivity index (χ2n) is 5.52. The van der Waals surface area contributed by atoms with Crippen LogP contribution in [-0.2, 0) is 6.54 Å². The monoisotopic (exact) mass is 220 g/mol. The molecule has 2 heteroatoms. The molecule has 0 aliphatic carbocycles. The lowest BCUT2D eigenvalue weighted by atomic mass is 9.87. The van der Waals surface area contributed by atoms with Gasteiger partial charge < -0.3 is 10.6 Å². The van der Waals surface area contributed by atoms with E-state index in [0.29, 0.717) is 12.6 Å². The van der Waals surface area contributed by atoms with Crippen molar-refractivity contribution < 1.29 is 0 Å². The fourth-order valence-electron chi connectivity index (χ4n) is 1.67. The van der Waals surface area contributed by atoms with Gasteiger partial charge in [-0.25, -0.2) is 0 Å². The molecule has 0 amide bonds. The van der Waals surface area contributed by atoms with Crippen LogP contribution in [0.1, 0.15) is 33.3 Å². The summed E-state index contributed by atoms with van der Waals surface area (Å²) in [6, 6.07) is 8.98. The highest BCUT2D eigenvalue weighted by molar-refractivity contribution is 5.48. The molecule has 16 heavy (non-hydrogen) atoms. The van der Waals surface area contributed by atoms with Gasteiger partial charge in [0.1, 0.15) is 0 Å². The first-order valence-corrected chi connectivity index (χ1v) is 5.88. The minimum atomic E-state index is 0.279. The van der Waals surface area contributed by atoms with Crippen molar-refractivity contribution in [1.82, 2.24) is 0 Å². The van der Waals surface area contributed by atoms with Gasteiger partial charge in [0.2, 0.25) is 0 Å². The molecular formula is C14H24N2. The van der Waals surface area contributed by atoms with Crippen LogP contribution in [0, 0.1) is 5.41 Å². The number of benzene rings is 1. The molecule has 1 unspecified atom stereocenters. The van der Waals surface area contributed by atoms with Crippen LogP contribution in [0.25, 0.3) is 0 Å². The Morgan fingerprint density at radius 1 is 1.19 bits per heavy atom. The van der Waals surface area contributed by atoms with E-state index in [1.807, 2.05) is 0 Å². The molecule has 0 fully saturated rings. The van der Waals surface area contributed by atoms with Crippen molar-refractivity contribution in [2.75, 3.05) is 11.9 Å². The zero-order valence-electron chi connectivity index (χ0n) is 11.1. The third-order valence-corrected chi connectivity index (χ3v) is 3.41. The Morgan fingerprint density at radius 2 is 1.69 bits per heavy atom. The molecule has 1 rings (SSSR count). The normalized spacial score (nSPS) is 13.6. The first-order valence-electron chi connectivity index (χ1n) is 5.88. The van der Waals surface area contributed by atoms with Gasteiger partial charge in [-0.1, -0.05) is 32.9 Å². The lowest BCUT2D eigenvalue weighted by Gasteiger charge is -2.37. The summed E-state index contributed by atoms with van der Waals surface area (Å²) in [6.45, 7) is 9.67. The molecule has 1 aromatic carbocycles. The molecule has 0 aliphatic heterocycles. The second-order valence-corrected chi connectivity index (χ2v) is 5.52. The molecule has 0 saturated carbocycles. The Morgan fingerprint density at radius 3 is 2.06 bits per heavy atom. The average molecular weight is 220 g/mol. The van der Waals surface area contributed by atoms with Crippen molar-refractivity contribution in [2.45, 2.75) is 40.3 Å². The van der Waals surface area contributed by atoms with Crippen molar-refractivity contribution >= 4 is 5.69 Å². The molecule has 1 atom stereocenters. The van der Waals surface area contributed by atoms with Gasteiger partial charge in [-0.3, -0.25) is 0 Å². The maximum Gasteiger partial charge on any atom is 0.0366 e. The van der Waals surface area contributed by atoms with E-state index in [0.717, 1.165) is 0 Å². The summed E-state index contributed by atoms with van der Waals surface area (Å²) in [5.74, 6) is 0. The predicted molar refractivity (Wildman–Crippen MR) is 71.7 cm³/mol. The zero-order chi connectivity index (χ0) is 12.3. The maximum atomic E-state index is 5.59. The van der Waals surface area contributed by atoms with Gasteiger partial charge in [-0.05, 0) is 30.0 Å². The fraction of sp³-hybridized carbons (Fsp3) is 0.571. The highest BCUT2D eigenvalue weighted by atomic mass is 15.1. The molecule has 0 aliphatic rings. The van der Waals surface area contributed by atoms with Crippen molar-refractivity contribution in [2.24, 2.45) is 11.1 Å². The lowest BCUT2D eigenvalue weighted by molar-refractivity contribution is 0.330. The Kier molecular flexibility index (Phi) is 3.98. The van der Waals surface area contributed by atoms with E-state index < -0.39 is 0 Å². The number of rotatable bonds is 3. The van der Waals surface area contributed by atoms with E-state index in [-0.39, 0.29) is 5.41 Å². The molecule has 0 spiro atoms. The van der Waals surface area contributed by atoms with Gasteiger partial charge in [-0.15, -0.1) is 0 Å². The van der Waals surface area contributed by atoms with Crippen LogP contribution in [0.2, 0.25) is 0 Å². The second kappa shape index (κ2) is 4.88. The molecule has 2 nitrogen and oxygen atoms in total. The molecule has 0 aromatic heterocycles. The van der Waals surface area contributed by atoms with Gasteiger partial charge >= 0.3 is 0 Å². The van der Waals surface area contributed by atoms with Crippen LogP contribution in [0.3, 0.4) is 0 Å². The summed E-state index contributed by atoms with van der Waals surface area (Å²) in [6.07, 6.45) is 0. The smallest absolute Gasteiger partial charge is 0.0366 e. The van der Waals surface area contributed by atoms with E-state index in [1.54, 1.807) is 0 Å². The standard InChI is InChI=1S/C14H24N2/c1-11(14(2,3)4)16(5)13-8-6-12(10-15)7-9-13/h6-9,11H,10,15H2,1-5H3. The minimum absolute atomic E-state index is 0.279. The molecule has 0 heterocycles. The summed E-state index contributed by atoms with van der Waals surface area (Å²) >= 11 is 0. The summed E-state index contributed by atoms with van der Waals surface area (Å²) in [7, 11) is 2.15. The third-order valence-electron chi connectivity index (χ3n) is 3.41. The van der Waals surface area contributed by atoms with E-state index >= 15 is 0 Å². The lowest BCUT2D eigenvalue weighted by Crippen LogP contribution is -2.39. The number of nitrogens with zero attached hydrogens (tertiary/aromatic N) is 1. The Balaban J connectivity index is 2.84. The molecular weight excluding hydrogens is 196 g/mol. The molecule has 1 aromatic rings. The maximum absolute atomic E-state index is 5.59. The van der Waals surface area contributed by atoms with Crippen molar-refractivity contribution in [3.63, 3.8) is 0 Å². The molecule has 90 valence electrons. The van der Waals surface area contributed by atoms with E-state index in [1.165, 1.54) is 11.3 Å². The van der Waals surface area contributed by atoms with E-state index in [4.69, 9.17) is 5.73 Å². The first kappa shape index (κ1) is 13.0. The number of hydrogen-bond acceptors (Lipinski definition) is 2. The summed E-state index contributed by atoms with van der Waals surface area (Å²) < 4.78 is 0. The average Bonchev–Trinajstić information content (AvgIpc) is 2.26. The molecule has 0 bridgehead atoms. The fourth-order valence-corrected chi connectivity index (χ4v) is 1.67. The van der Waals surface area contributed by atoms with Crippen molar-refractivity contribution in [3.05, 3.63) is 29.8 Å². The number of anilines is 1. The van der Waals surface area contributed by atoms with Crippen LogP contribution < -0.4 is 10.6 Å². The molecule has 2 N–H and O–H groups in total. The Hall–Kier alpha value is -1.02. The number of hydrogen-bond donors (Lipinski definition) is 1. The van der Waals surface area contributed by atoms with Gasteiger partial charge in [0.25, 0.3) is 0 Å². The van der Waals surface area contributed by atoms with E-state index in [2.05, 4.69) is 63.9 Å². The number of nitrogens with two attached hydrogens (primary N) is 1. The van der Waals surface area contributed by atoms with Gasteiger partial charge in [0.15, 0.2) is 0 Å². The Labute approximate surface area is 99.5 Å². The summed E-state index contributed by atoms with van der Waals surface area (Å²) in [5.41, 5.74) is 8.30. The predicted octanol–water partition coefficient (Wildman–Crippen LogP) is 3.02. The highest BCUT2D eigenvalue weighted by Gasteiger charge is 2.23. The first-order chi connectivity index (χ1) is 7.36. The third kappa shape index (κ3) is 2.99. The highest BCUT2D eigenvalue weighted by Crippen LogP contribution is 2.27. The SMILES string of the molecule is CC(N(C)c1ccc(CN)cc1)C(C)(C)C. The van der Waals surface area contributed by atoms with Gasteiger partial charge in [0, 0.05) is 25.3 Å². The van der Waals surface area contributed by atoms with Gasteiger partial charge in [-0.2, -0.15) is 0 Å². The zero-order valence-corrected chi connectivity index (χ0v) is 11.1. The van der Waals surface area contributed by atoms with Gasteiger partial charge in [0.05, 0.1) is 0 Å². The topological polar surface area (TPSA) is 29.3 Å². The van der Waals surface area contributed by atoms with E-state index in [9.17, 15) is 0 Å². The van der Waals surface area contributed by atoms with Crippen LogP contribution in [0.4, 0.5) is 5.69 Å². The van der Waals surface area contributed by atoms with Crippen LogP contribution in [0.5, 0.6) is 0 Å². The minimum Gasteiger partial charge on any atom is -0.371 e. The quantitative estimate of drug-likeness (QED) is 0.848.